The maximum absolute atomic E-state index is 2.59. The van der Waals surface area contributed by atoms with E-state index in [1.165, 1.54) is 19.5 Å². The van der Waals surface area contributed by atoms with Gasteiger partial charge in [-0.05, 0) is 68.6 Å². The molecule has 0 rings (SSSR count). The van der Waals surface area contributed by atoms with Crippen LogP contribution in [0.15, 0.2) is 0 Å². The normalized spacial score (nSPS) is 14.0. The summed E-state index contributed by atoms with van der Waals surface area (Å²) in [4.78, 5) is 4.84. The molecule has 0 aromatic rings. The number of hydrogen-bond acceptors (Lipinski definition) is 2. The van der Waals surface area contributed by atoms with Gasteiger partial charge >= 0.3 is 0 Å². The van der Waals surface area contributed by atoms with Crippen LogP contribution in [0.4, 0.5) is 0 Å². The Bertz CT molecular complexity index is 158. The second-order valence-corrected chi connectivity index (χ2v) is 6.65. The van der Waals surface area contributed by atoms with Crippen molar-refractivity contribution >= 4 is 0 Å². The van der Waals surface area contributed by atoms with Gasteiger partial charge in [0, 0.05) is 17.6 Å². The van der Waals surface area contributed by atoms with Crippen molar-refractivity contribution in [3.63, 3.8) is 0 Å². The summed E-state index contributed by atoms with van der Waals surface area (Å²) in [7, 11) is 4.27. The fourth-order valence-electron chi connectivity index (χ4n) is 2.22. The number of rotatable bonds is 4. The zero-order valence-corrected chi connectivity index (χ0v) is 12.0. The zero-order chi connectivity index (χ0) is 12.3. The molecule has 0 aromatic carbocycles. The van der Waals surface area contributed by atoms with Crippen molar-refractivity contribution in [1.29, 1.82) is 0 Å². The molecule has 0 aromatic heterocycles. The van der Waals surface area contributed by atoms with Gasteiger partial charge in [-0.15, -0.1) is 0 Å². The van der Waals surface area contributed by atoms with E-state index in [-0.39, 0.29) is 11.1 Å². The Balaban J connectivity index is 4.29. The molecule has 2 heteroatoms. The molecule has 0 aliphatic carbocycles. The fourth-order valence-corrected chi connectivity index (χ4v) is 2.22. The molecule has 0 unspecified atom stereocenters. The van der Waals surface area contributed by atoms with Crippen LogP contribution in [0.3, 0.4) is 0 Å². The largest absolute Gasteiger partial charge is 0.309 e. The lowest BCUT2D eigenvalue weighted by Crippen LogP contribution is -2.53. The maximum Gasteiger partial charge on any atom is 0.0130 e. The third-order valence-corrected chi connectivity index (χ3v) is 2.61. The summed E-state index contributed by atoms with van der Waals surface area (Å²) in [5, 5.41) is 0. The summed E-state index contributed by atoms with van der Waals surface area (Å²) in [6, 6.07) is 0. The first-order chi connectivity index (χ1) is 6.55. The molecule has 0 heterocycles. The van der Waals surface area contributed by atoms with Gasteiger partial charge in [0.05, 0.1) is 0 Å². The van der Waals surface area contributed by atoms with Crippen molar-refractivity contribution in [2.75, 3.05) is 27.2 Å². The molecule has 2 nitrogen and oxygen atoms in total. The Morgan fingerprint density at radius 3 is 1.40 bits per heavy atom. The Hall–Kier alpha value is -0.0800. The lowest BCUT2D eigenvalue weighted by Gasteiger charge is -2.45. The van der Waals surface area contributed by atoms with Crippen LogP contribution in [0, 0.1) is 0 Å². The van der Waals surface area contributed by atoms with E-state index in [0.29, 0.717) is 0 Å². The highest BCUT2D eigenvalue weighted by atomic mass is 15.2. The molecular weight excluding hydrogens is 184 g/mol. The van der Waals surface area contributed by atoms with Crippen LogP contribution < -0.4 is 0 Å². The summed E-state index contributed by atoms with van der Waals surface area (Å²) in [5.41, 5.74) is 0.509. The van der Waals surface area contributed by atoms with Crippen LogP contribution in [0.2, 0.25) is 0 Å². The number of hydrogen-bond donors (Lipinski definition) is 0. The van der Waals surface area contributed by atoms with Gasteiger partial charge in [0.25, 0.3) is 0 Å². The Morgan fingerprint density at radius 2 is 1.13 bits per heavy atom. The minimum atomic E-state index is 0.255. The predicted octanol–water partition coefficient (Wildman–Crippen LogP) is 2.84. The standard InChI is InChI=1S/C13H30N2/c1-12(2,3)15(13(4,5)6)11-9-10-14(7)8/h9-11H2,1-8H3. The predicted molar refractivity (Wildman–Crippen MR) is 69.4 cm³/mol. The Morgan fingerprint density at radius 1 is 0.733 bits per heavy atom. The molecule has 0 fully saturated rings. The van der Waals surface area contributed by atoms with Gasteiger partial charge in [0.1, 0.15) is 0 Å². The van der Waals surface area contributed by atoms with Gasteiger partial charge in [0.15, 0.2) is 0 Å². The molecule has 0 aliphatic heterocycles. The highest BCUT2D eigenvalue weighted by Gasteiger charge is 2.30. The monoisotopic (exact) mass is 214 g/mol. The first-order valence-corrected chi connectivity index (χ1v) is 5.97. The second-order valence-electron chi connectivity index (χ2n) is 6.65. The average molecular weight is 214 g/mol. The van der Waals surface area contributed by atoms with Crippen molar-refractivity contribution in [1.82, 2.24) is 9.80 Å². The van der Waals surface area contributed by atoms with E-state index in [4.69, 9.17) is 0 Å². The first kappa shape index (κ1) is 14.9. The lowest BCUT2D eigenvalue weighted by atomic mass is 9.95. The van der Waals surface area contributed by atoms with Crippen LogP contribution in [0.5, 0.6) is 0 Å². The van der Waals surface area contributed by atoms with Crippen molar-refractivity contribution in [3.05, 3.63) is 0 Å². The van der Waals surface area contributed by atoms with E-state index in [9.17, 15) is 0 Å². The third kappa shape index (κ3) is 6.16. The van der Waals surface area contributed by atoms with E-state index in [1.807, 2.05) is 0 Å². The zero-order valence-electron chi connectivity index (χ0n) is 12.0. The van der Waals surface area contributed by atoms with Gasteiger partial charge in [-0.2, -0.15) is 0 Å². The first-order valence-electron chi connectivity index (χ1n) is 5.97. The van der Waals surface area contributed by atoms with E-state index in [1.54, 1.807) is 0 Å². The topological polar surface area (TPSA) is 6.48 Å². The molecule has 0 amide bonds. The summed E-state index contributed by atoms with van der Waals surface area (Å²) >= 11 is 0. The lowest BCUT2D eigenvalue weighted by molar-refractivity contribution is 0.0356. The highest BCUT2D eigenvalue weighted by Crippen LogP contribution is 2.24. The minimum Gasteiger partial charge on any atom is -0.309 e. The van der Waals surface area contributed by atoms with Crippen molar-refractivity contribution in [3.8, 4) is 0 Å². The van der Waals surface area contributed by atoms with Gasteiger partial charge in [-0.1, -0.05) is 0 Å². The van der Waals surface area contributed by atoms with Crippen LogP contribution in [0.1, 0.15) is 48.0 Å². The van der Waals surface area contributed by atoms with Crippen molar-refractivity contribution in [2.45, 2.75) is 59.0 Å². The summed E-state index contributed by atoms with van der Waals surface area (Å²) in [6.07, 6.45) is 1.24. The molecule has 0 atom stereocenters. The maximum atomic E-state index is 2.59. The van der Waals surface area contributed by atoms with Crippen LogP contribution in [0.25, 0.3) is 0 Å². The van der Waals surface area contributed by atoms with E-state index in [0.717, 1.165) is 0 Å². The molecule has 15 heavy (non-hydrogen) atoms. The van der Waals surface area contributed by atoms with Gasteiger partial charge in [-0.3, -0.25) is 4.90 Å². The van der Waals surface area contributed by atoms with E-state index >= 15 is 0 Å². The highest BCUT2D eigenvalue weighted by molar-refractivity contribution is 4.86. The second kappa shape index (κ2) is 5.31. The van der Waals surface area contributed by atoms with Gasteiger partial charge in [0.2, 0.25) is 0 Å². The quantitative estimate of drug-likeness (QED) is 0.710. The summed E-state index contributed by atoms with van der Waals surface area (Å²) < 4.78 is 0. The van der Waals surface area contributed by atoms with E-state index in [2.05, 4.69) is 65.4 Å². The molecule has 0 aliphatic rings. The van der Waals surface area contributed by atoms with Crippen LogP contribution >= 0.6 is 0 Å². The van der Waals surface area contributed by atoms with Crippen LogP contribution in [-0.4, -0.2) is 48.1 Å². The molecule has 0 saturated carbocycles. The molecule has 0 spiro atoms. The van der Waals surface area contributed by atoms with E-state index < -0.39 is 0 Å². The molecule has 0 bridgehead atoms. The summed E-state index contributed by atoms with van der Waals surface area (Å²) in [5.74, 6) is 0. The van der Waals surface area contributed by atoms with Crippen LogP contribution in [-0.2, 0) is 0 Å². The number of nitrogens with zero attached hydrogens (tertiary/aromatic N) is 2. The average Bonchev–Trinajstić information content (AvgIpc) is 1.92. The SMILES string of the molecule is CN(C)CCCN(C(C)(C)C)C(C)(C)C. The van der Waals surface area contributed by atoms with Gasteiger partial charge < -0.3 is 4.90 Å². The molecule has 0 radical (unpaired) electrons. The minimum absolute atomic E-state index is 0.255. The van der Waals surface area contributed by atoms with Crippen molar-refractivity contribution < 1.29 is 0 Å². The fraction of sp³-hybridized carbons (Fsp3) is 1.00. The third-order valence-electron chi connectivity index (χ3n) is 2.61. The van der Waals surface area contributed by atoms with Crippen molar-refractivity contribution in [2.24, 2.45) is 0 Å². The Labute approximate surface area is 96.6 Å². The molecule has 0 N–H and O–H groups in total. The summed E-state index contributed by atoms with van der Waals surface area (Å²) in [6.45, 7) is 16.1. The smallest absolute Gasteiger partial charge is 0.0130 e. The molecular formula is C13H30N2. The molecule has 92 valence electrons. The Kier molecular flexibility index (Phi) is 5.28. The van der Waals surface area contributed by atoms with Gasteiger partial charge in [-0.25, -0.2) is 0 Å². The molecule has 0 saturated heterocycles.